The maximum Gasteiger partial charge on any atom is 0.418 e. The number of nitriles is 1. The fourth-order valence-corrected chi connectivity index (χ4v) is 3.54. The number of halogens is 5. The Balaban J connectivity index is 3.75. The van der Waals surface area contributed by atoms with Crippen molar-refractivity contribution in [1.29, 1.82) is 5.26 Å². The smallest absolute Gasteiger partial charge is 0.207 e. The molecule has 0 aliphatic rings. The van der Waals surface area contributed by atoms with Gasteiger partial charge in [-0.05, 0) is 28.1 Å². The minimum Gasteiger partial charge on any atom is -0.207 e. The molecule has 0 N–H and O–H groups in total. The molecule has 1 aromatic rings. The number of hydrogen-bond acceptors (Lipinski definition) is 3. The first-order valence-corrected chi connectivity index (χ1v) is 6.93. The van der Waals surface area contributed by atoms with Crippen molar-refractivity contribution in [2.24, 2.45) is 0 Å². The number of alkyl halides is 3. The van der Waals surface area contributed by atoms with Gasteiger partial charge in [-0.3, -0.25) is 0 Å². The van der Waals surface area contributed by atoms with Gasteiger partial charge in [-0.2, -0.15) is 18.4 Å². The van der Waals surface area contributed by atoms with E-state index in [9.17, 15) is 21.6 Å². The first kappa shape index (κ1) is 14.3. The van der Waals surface area contributed by atoms with E-state index < -0.39 is 35.7 Å². The Hall–Kier alpha value is -0.780. The highest BCUT2D eigenvalue weighted by Crippen LogP contribution is 2.40. The molecule has 1 rings (SSSR count). The molecule has 0 unspecified atom stereocenters. The zero-order valence-corrected chi connectivity index (χ0v) is 10.9. The predicted octanol–water partition coefficient (Wildman–Crippen LogP) is 3.27. The molecule has 1 aromatic carbocycles. The summed E-state index contributed by atoms with van der Waals surface area (Å²) in [7, 11) is 0.648. The van der Waals surface area contributed by atoms with Crippen LogP contribution >= 0.6 is 26.6 Å². The quantitative estimate of drug-likeness (QED) is 0.732. The molecule has 0 amide bonds. The van der Waals surface area contributed by atoms with Crippen LogP contribution < -0.4 is 0 Å². The lowest BCUT2D eigenvalue weighted by Gasteiger charge is -2.12. The molecule has 0 saturated carbocycles. The largest absolute Gasteiger partial charge is 0.418 e. The van der Waals surface area contributed by atoms with Crippen LogP contribution in [0.15, 0.2) is 21.5 Å². The molecule has 0 bridgehead atoms. The van der Waals surface area contributed by atoms with Crippen LogP contribution in [-0.4, -0.2) is 8.42 Å². The third-order valence-corrected chi connectivity index (χ3v) is 4.22. The Morgan fingerprint density at radius 1 is 1.35 bits per heavy atom. The van der Waals surface area contributed by atoms with Gasteiger partial charge < -0.3 is 0 Å². The first-order chi connectivity index (χ1) is 7.59. The number of nitrogens with zero attached hydrogens (tertiary/aromatic N) is 1. The summed E-state index contributed by atoms with van der Waals surface area (Å²) in [6, 6.07) is 2.92. The van der Waals surface area contributed by atoms with Gasteiger partial charge in [-0.25, -0.2) is 8.42 Å². The SMILES string of the molecule is N#Cc1ccc(S(=O)(=O)Cl)c(Br)c1C(F)(F)F. The molecule has 0 aromatic heterocycles. The average molecular weight is 349 g/mol. The molecule has 0 spiro atoms. The van der Waals surface area contributed by atoms with Crippen molar-refractivity contribution in [1.82, 2.24) is 0 Å². The van der Waals surface area contributed by atoms with Crippen molar-refractivity contribution >= 4 is 35.7 Å². The van der Waals surface area contributed by atoms with Crippen molar-refractivity contribution in [3.05, 3.63) is 27.7 Å². The molecule has 0 radical (unpaired) electrons. The average Bonchev–Trinajstić information content (AvgIpc) is 2.12. The normalized spacial score (nSPS) is 12.2. The molecule has 0 fully saturated rings. The second kappa shape index (κ2) is 4.48. The summed E-state index contributed by atoms with van der Waals surface area (Å²) in [4.78, 5) is -0.731. The van der Waals surface area contributed by atoms with E-state index in [1.807, 2.05) is 0 Å². The van der Waals surface area contributed by atoms with Gasteiger partial charge in [0.1, 0.15) is 0 Å². The van der Waals surface area contributed by atoms with Crippen LogP contribution in [0.3, 0.4) is 0 Å². The van der Waals surface area contributed by atoms with Crippen molar-refractivity contribution < 1.29 is 21.6 Å². The lowest BCUT2D eigenvalue weighted by molar-refractivity contribution is -0.138. The number of hydrogen-bond donors (Lipinski definition) is 0. The van der Waals surface area contributed by atoms with Gasteiger partial charge in [-0.15, -0.1) is 0 Å². The Bertz CT molecular complexity index is 606. The fourth-order valence-electron chi connectivity index (χ4n) is 1.12. The third kappa shape index (κ3) is 2.91. The van der Waals surface area contributed by atoms with Gasteiger partial charge in [0.25, 0.3) is 9.05 Å². The van der Waals surface area contributed by atoms with Crippen molar-refractivity contribution in [3.63, 3.8) is 0 Å². The highest BCUT2D eigenvalue weighted by Gasteiger charge is 2.38. The topological polar surface area (TPSA) is 57.9 Å². The second-order valence-electron chi connectivity index (χ2n) is 2.85. The van der Waals surface area contributed by atoms with Crippen LogP contribution in [0.1, 0.15) is 11.1 Å². The van der Waals surface area contributed by atoms with E-state index in [0.717, 1.165) is 12.1 Å². The van der Waals surface area contributed by atoms with Gasteiger partial charge >= 0.3 is 6.18 Å². The zero-order valence-electron chi connectivity index (χ0n) is 7.72. The monoisotopic (exact) mass is 347 g/mol. The summed E-state index contributed by atoms with van der Waals surface area (Å²) in [5.74, 6) is 0. The van der Waals surface area contributed by atoms with Crippen LogP contribution in [0.4, 0.5) is 13.2 Å². The maximum atomic E-state index is 12.6. The summed E-state index contributed by atoms with van der Waals surface area (Å²) >= 11 is 2.51. The second-order valence-corrected chi connectivity index (χ2v) is 6.18. The molecule has 0 heterocycles. The third-order valence-electron chi connectivity index (χ3n) is 1.77. The molecule has 9 heteroatoms. The molecule has 0 aliphatic heterocycles. The van der Waals surface area contributed by atoms with E-state index in [1.165, 1.54) is 6.07 Å². The molecular weight excluding hydrogens is 347 g/mol. The van der Waals surface area contributed by atoms with Crippen molar-refractivity contribution in [3.8, 4) is 6.07 Å². The molecule has 92 valence electrons. The fraction of sp³-hybridized carbons (Fsp3) is 0.125. The first-order valence-electron chi connectivity index (χ1n) is 3.83. The Morgan fingerprint density at radius 2 is 1.88 bits per heavy atom. The lowest BCUT2D eigenvalue weighted by Crippen LogP contribution is -2.11. The predicted molar refractivity (Wildman–Crippen MR) is 56.9 cm³/mol. The summed E-state index contributed by atoms with van der Waals surface area (Å²) in [6.45, 7) is 0. The number of rotatable bonds is 1. The summed E-state index contributed by atoms with van der Waals surface area (Å²) in [5, 5.41) is 8.55. The van der Waals surface area contributed by atoms with Crippen LogP contribution in [-0.2, 0) is 15.2 Å². The Labute approximate surface area is 107 Å². The highest BCUT2D eigenvalue weighted by molar-refractivity contribution is 9.10. The van der Waals surface area contributed by atoms with Crippen LogP contribution in [0, 0.1) is 11.3 Å². The van der Waals surface area contributed by atoms with E-state index in [0.29, 0.717) is 0 Å². The minimum atomic E-state index is -4.86. The van der Waals surface area contributed by atoms with Gasteiger partial charge in [0.2, 0.25) is 0 Å². The van der Waals surface area contributed by atoms with Crippen LogP contribution in [0.2, 0.25) is 0 Å². The zero-order chi connectivity index (χ0) is 13.4. The van der Waals surface area contributed by atoms with Crippen LogP contribution in [0.5, 0.6) is 0 Å². The highest BCUT2D eigenvalue weighted by atomic mass is 79.9. The minimum absolute atomic E-state index is 0.687. The molecule has 17 heavy (non-hydrogen) atoms. The standard InChI is InChI=1S/C8H2BrClF3NO2S/c9-7-5(17(10,15)16)2-1-4(3-14)6(7)8(11,12)13/h1-2H. The van der Waals surface area contributed by atoms with E-state index in [1.54, 1.807) is 0 Å². The van der Waals surface area contributed by atoms with E-state index in [2.05, 4.69) is 15.9 Å². The lowest BCUT2D eigenvalue weighted by atomic mass is 10.1. The summed E-state index contributed by atoms with van der Waals surface area (Å²) in [6.07, 6.45) is -4.86. The van der Waals surface area contributed by atoms with Gasteiger partial charge in [-0.1, -0.05) is 0 Å². The van der Waals surface area contributed by atoms with Gasteiger partial charge in [0, 0.05) is 10.7 Å². The van der Waals surface area contributed by atoms with Crippen molar-refractivity contribution in [2.45, 2.75) is 11.1 Å². The van der Waals surface area contributed by atoms with Gasteiger partial charge in [0.15, 0.2) is 0 Å². The van der Waals surface area contributed by atoms with Crippen LogP contribution in [0.25, 0.3) is 0 Å². The molecule has 0 aliphatic carbocycles. The maximum absolute atomic E-state index is 12.6. The molecule has 3 nitrogen and oxygen atoms in total. The summed E-state index contributed by atoms with van der Waals surface area (Å²) < 4.78 is 59.2. The summed E-state index contributed by atoms with van der Waals surface area (Å²) in [5.41, 5.74) is -2.05. The number of benzene rings is 1. The molecule has 0 atom stereocenters. The van der Waals surface area contributed by atoms with Gasteiger partial charge in [0.05, 0.1) is 26.6 Å². The van der Waals surface area contributed by atoms with E-state index in [-0.39, 0.29) is 0 Å². The Morgan fingerprint density at radius 3 is 2.24 bits per heavy atom. The van der Waals surface area contributed by atoms with E-state index in [4.69, 9.17) is 15.9 Å². The Kier molecular flexibility index (Phi) is 3.76. The molecular formula is C8H2BrClF3NO2S. The van der Waals surface area contributed by atoms with E-state index >= 15 is 0 Å². The molecule has 0 saturated heterocycles. The van der Waals surface area contributed by atoms with Crippen molar-refractivity contribution in [2.75, 3.05) is 0 Å².